The van der Waals surface area contributed by atoms with Gasteiger partial charge in [0, 0.05) is 13.0 Å². The van der Waals surface area contributed by atoms with Crippen molar-refractivity contribution < 1.29 is 5.94 Å². The molecule has 1 fully saturated rings. The van der Waals surface area contributed by atoms with Gasteiger partial charge in [-0.2, -0.15) is 4.57 Å². The third kappa shape index (κ3) is 2.94. The van der Waals surface area contributed by atoms with Gasteiger partial charge in [0.1, 0.15) is 7.05 Å². The van der Waals surface area contributed by atoms with Crippen LogP contribution in [0.15, 0.2) is 42.4 Å². The van der Waals surface area contributed by atoms with Crippen molar-refractivity contribution in [1.29, 1.82) is 0 Å². The highest BCUT2D eigenvalue weighted by Crippen LogP contribution is 2.37. The summed E-state index contributed by atoms with van der Waals surface area (Å²) in [5.74, 6) is 0.699. The summed E-state index contributed by atoms with van der Waals surface area (Å²) >= 11 is 0. The second-order valence-electron chi connectivity index (χ2n) is 8.01. The lowest BCUT2D eigenvalue weighted by molar-refractivity contribution is -0.665. The molecule has 26 heavy (non-hydrogen) atoms. The molecule has 1 aromatic heterocycles. The predicted molar refractivity (Wildman–Crippen MR) is 111 cm³/mol. The zero-order valence-corrected chi connectivity index (χ0v) is 16.5. The fourth-order valence-electron chi connectivity index (χ4n) is 4.56. The molecule has 0 amide bonds. The molecule has 0 saturated heterocycles. The molecule has 1 saturated carbocycles. The summed E-state index contributed by atoms with van der Waals surface area (Å²) in [7, 11) is 2.11. The van der Waals surface area contributed by atoms with Gasteiger partial charge in [-0.1, -0.05) is 43.5 Å². The number of benzene rings is 2. The van der Waals surface area contributed by atoms with Gasteiger partial charge in [0.05, 0.1) is 12.3 Å². The number of hydrogen-bond donors (Lipinski definition) is 0. The first-order chi connectivity index (χ1) is 13.0. The first-order valence-corrected chi connectivity index (χ1v) is 9.98. The molecule has 1 aliphatic carbocycles. The van der Waals surface area contributed by atoms with Crippen molar-refractivity contribution in [2.45, 2.75) is 58.8 Å². The van der Waals surface area contributed by atoms with Crippen LogP contribution in [0.1, 0.15) is 61.8 Å². The molecule has 1 aliphatic rings. The molecule has 0 unspecified atom stereocenters. The Morgan fingerprint density at radius 1 is 1.00 bits per heavy atom. The van der Waals surface area contributed by atoms with Gasteiger partial charge in [-0.25, -0.2) is 0 Å². The molecule has 0 spiro atoms. The number of nitrogens with zero attached hydrogens (tertiary/aromatic N) is 1. The Morgan fingerprint density at radius 2 is 1.73 bits per heavy atom. The summed E-state index contributed by atoms with van der Waals surface area (Å²) in [5, 5.41) is 2.22. The van der Waals surface area contributed by atoms with E-state index in [4.69, 9.17) is 1.37 Å². The first-order valence-electron chi connectivity index (χ1n) is 10.5. The van der Waals surface area contributed by atoms with E-state index in [-0.39, 0.29) is 0 Å². The quantitative estimate of drug-likeness (QED) is 0.480. The van der Waals surface area contributed by atoms with Crippen LogP contribution >= 0.6 is 0 Å². The lowest BCUT2D eigenvalue weighted by Gasteiger charge is -2.24. The topological polar surface area (TPSA) is 3.88 Å². The van der Waals surface area contributed by atoms with E-state index in [1.807, 2.05) is 6.07 Å². The van der Waals surface area contributed by atoms with Crippen LogP contribution in [0.25, 0.3) is 22.0 Å². The van der Waals surface area contributed by atoms with Crippen LogP contribution in [0.2, 0.25) is 0 Å². The van der Waals surface area contributed by atoms with Crippen molar-refractivity contribution in [3.63, 3.8) is 0 Å². The molecule has 1 heteroatoms. The van der Waals surface area contributed by atoms with E-state index in [1.54, 1.807) is 0 Å². The normalized spacial score (nSPS) is 16.1. The highest BCUT2D eigenvalue weighted by Gasteiger charge is 2.23. The van der Waals surface area contributed by atoms with Gasteiger partial charge >= 0.3 is 0 Å². The molecule has 0 radical (unpaired) electrons. The minimum atomic E-state index is 0.634. The monoisotopic (exact) mass is 345 g/mol. The summed E-state index contributed by atoms with van der Waals surface area (Å²) in [6.07, 6.45) is 6.74. The average Bonchev–Trinajstić information content (AvgIpc) is 2.70. The largest absolute Gasteiger partial charge is 0.220 e. The Labute approximate surface area is 159 Å². The number of aryl methyl sites for hydroxylation is 1. The van der Waals surface area contributed by atoms with Crippen molar-refractivity contribution in [1.82, 2.24) is 0 Å². The Bertz CT molecular complexity index is 1010. The standard InChI is InChI=1S/C25H30N/c1-17-14-22(20-10-6-5-7-11-20)16-24(19(17)3)25-23-13-9-8-12-21(23)15-18(2)26(25)4/h8-9,12-16,20H,5-7,10-11H2,1-4H3/q+1/i15D. The lowest BCUT2D eigenvalue weighted by Crippen LogP contribution is -2.35. The maximum absolute atomic E-state index is 8.57. The Hall–Kier alpha value is -2.15. The van der Waals surface area contributed by atoms with E-state index < -0.39 is 0 Å². The van der Waals surface area contributed by atoms with Crippen LogP contribution in [0.3, 0.4) is 0 Å². The lowest BCUT2D eigenvalue weighted by atomic mass is 9.81. The van der Waals surface area contributed by atoms with Crippen molar-refractivity contribution in [2.24, 2.45) is 7.05 Å². The van der Waals surface area contributed by atoms with Gasteiger partial charge in [-0.15, -0.1) is 0 Å². The Kier molecular flexibility index (Phi) is 4.24. The number of rotatable bonds is 2. The average molecular weight is 346 g/mol. The van der Waals surface area contributed by atoms with Gasteiger partial charge < -0.3 is 0 Å². The molecule has 0 atom stereocenters. The van der Waals surface area contributed by atoms with E-state index in [9.17, 15) is 0 Å². The van der Waals surface area contributed by atoms with Gasteiger partial charge in [0.2, 0.25) is 5.69 Å². The van der Waals surface area contributed by atoms with Crippen LogP contribution in [0, 0.1) is 20.8 Å². The minimum absolute atomic E-state index is 0.634. The first kappa shape index (κ1) is 16.1. The molecule has 134 valence electrons. The molecule has 0 bridgehead atoms. The van der Waals surface area contributed by atoms with E-state index in [0.29, 0.717) is 12.0 Å². The Morgan fingerprint density at radius 3 is 2.50 bits per heavy atom. The summed E-state index contributed by atoms with van der Waals surface area (Å²) in [4.78, 5) is 0. The second-order valence-corrected chi connectivity index (χ2v) is 8.01. The van der Waals surface area contributed by atoms with E-state index in [1.165, 1.54) is 65.4 Å². The summed E-state index contributed by atoms with van der Waals surface area (Å²) in [6, 6.07) is 13.9. The van der Waals surface area contributed by atoms with Crippen LogP contribution in [-0.4, -0.2) is 0 Å². The summed E-state index contributed by atoms with van der Waals surface area (Å²) < 4.78 is 10.8. The van der Waals surface area contributed by atoms with Crippen LogP contribution in [0.5, 0.6) is 0 Å². The molecular weight excluding hydrogens is 314 g/mol. The summed E-state index contributed by atoms with van der Waals surface area (Å²) in [5.41, 5.74) is 7.83. The van der Waals surface area contributed by atoms with Crippen LogP contribution in [-0.2, 0) is 7.05 Å². The van der Waals surface area contributed by atoms with Gasteiger partial charge in [-0.3, -0.25) is 0 Å². The third-order valence-corrected chi connectivity index (χ3v) is 6.36. The van der Waals surface area contributed by atoms with Crippen LogP contribution in [0.4, 0.5) is 0 Å². The number of aromatic nitrogens is 1. The smallest absolute Gasteiger partial charge is 0.198 e. The fraction of sp³-hybridized carbons (Fsp3) is 0.400. The highest BCUT2D eigenvalue weighted by atomic mass is 14.9. The molecule has 2 aromatic carbocycles. The predicted octanol–water partition coefficient (Wildman–Crippen LogP) is 6.30. The molecule has 3 aromatic rings. The molecular formula is C25H30N+. The zero-order chi connectivity index (χ0) is 19.1. The third-order valence-electron chi connectivity index (χ3n) is 6.36. The highest BCUT2D eigenvalue weighted by molar-refractivity contribution is 5.94. The zero-order valence-electron chi connectivity index (χ0n) is 17.5. The molecule has 0 N–H and O–H groups in total. The van der Waals surface area contributed by atoms with Crippen molar-refractivity contribution in [2.75, 3.05) is 0 Å². The minimum Gasteiger partial charge on any atom is -0.198 e. The van der Waals surface area contributed by atoms with Crippen molar-refractivity contribution in [3.8, 4) is 11.3 Å². The van der Waals surface area contributed by atoms with Gasteiger partial charge in [0.25, 0.3) is 0 Å². The number of pyridine rings is 1. The van der Waals surface area contributed by atoms with Gasteiger partial charge in [0.15, 0.2) is 5.69 Å². The van der Waals surface area contributed by atoms with Gasteiger partial charge in [-0.05, 0) is 66.8 Å². The van der Waals surface area contributed by atoms with Crippen molar-refractivity contribution in [3.05, 3.63) is 64.8 Å². The molecule has 1 nitrogen and oxygen atoms in total. The maximum Gasteiger partial charge on any atom is 0.220 e. The molecule has 1 heterocycles. The number of hydrogen-bond acceptors (Lipinski definition) is 0. The van der Waals surface area contributed by atoms with E-state index >= 15 is 0 Å². The summed E-state index contributed by atoms with van der Waals surface area (Å²) in [6.45, 7) is 6.55. The SMILES string of the molecule is [2H]c1c(C)[n+](C)c(-c2cc(C3CCCCC3)cc(C)c2C)c2ccccc12. The Balaban J connectivity index is 2.00. The second kappa shape index (κ2) is 6.87. The van der Waals surface area contributed by atoms with E-state index in [2.05, 4.69) is 62.7 Å². The molecule has 4 rings (SSSR count). The fourth-order valence-corrected chi connectivity index (χ4v) is 4.56. The van der Waals surface area contributed by atoms with E-state index in [0.717, 1.165) is 11.1 Å². The molecule has 0 aliphatic heterocycles. The van der Waals surface area contributed by atoms with Crippen LogP contribution < -0.4 is 4.57 Å². The van der Waals surface area contributed by atoms with Crippen molar-refractivity contribution >= 4 is 10.8 Å². The maximum atomic E-state index is 8.57. The number of fused-ring (bicyclic) bond motifs is 1.